The van der Waals surface area contributed by atoms with E-state index >= 15 is 0 Å². The Morgan fingerprint density at radius 2 is 1.46 bits per heavy atom. The summed E-state index contributed by atoms with van der Waals surface area (Å²) in [7, 11) is 1.61. The van der Waals surface area contributed by atoms with Crippen LogP contribution in [0, 0.1) is 0 Å². The molecule has 0 atom stereocenters. The highest BCUT2D eigenvalue weighted by atomic mass is 79.9. The number of rotatable bonds is 6. The van der Waals surface area contributed by atoms with Gasteiger partial charge in [0.25, 0.3) is 0 Å². The Morgan fingerprint density at radius 1 is 0.885 bits per heavy atom. The Labute approximate surface area is 164 Å². The quantitative estimate of drug-likeness (QED) is 0.438. The van der Waals surface area contributed by atoms with Crippen LogP contribution < -0.4 is 9.30 Å². The van der Waals surface area contributed by atoms with Crippen molar-refractivity contribution >= 4 is 34.9 Å². The zero-order valence-electron chi connectivity index (χ0n) is 14.5. The number of carbonyl (C=O) groups excluding carboxylic acids is 1. The van der Waals surface area contributed by atoms with Crippen molar-refractivity contribution in [1.82, 2.24) is 0 Å². The maximum atomic E-state index is 12.3. The normalized spacial score (nSPS) is 10.3. The molecule has 0 unspecified atom stereocenters. The number of ketones is 1. The third-order valence-corrected chi connectivity index (χ3v) is 3.92. The van der Waals surface area contributed by atoms with Gasteiger partial charge in [-0.15, -0.1) is 17.0 Å². The number of Topliss-reactive ketones (excluding diaryl/α,β-unsaturated/α-hetero) is 1. The molecule has 4 heteroatoms. The van der Waals surface area contributed by atoms with E-state index in [4.69, 9.17) is 4.74 Å². The SMILES string of the molecule is Br.COc1ccc(C(=O)C[n+]2ccc(/C=C/c3ccccc3)cc2)cc1. The molecule has 0 aliphatic rings. The van der Waals surface area contributed by atoms with Gasteiger partial charge in [-0.2, -0.15) is 4.57 Å². The number of nitrogens with zero attached hydrogens (tertiary/aromatic N) is 1. The number of ether oxygens (including phenoxy) is 1. The summed E-state index contributed by atoms with van der Waals surface area (Å²) < 4.78 is 6.99. The minimum absolute atomic E-state index is 0. The first-order valence-electron chi connectivity index (χ1n) is 8.14. The largest absolute Gasteiger partial charge is 0.497 e. The number of pyridine rings is 1. The van der Waals surface area contributed by atoms with E-state index in [9.17, 15) is 4.79 Å². The van der Waals surface area contributed by atoms with E-state index in [1.165, 1.54) is 0 Å². The second kappa shape index (κ2) is 9.68. The standard InChI is InChI=1S/C22H20NO2.BrH/c1-25-21-11-9-20(10-12-21)22(24)17-23-15-13-19(14-16-23)8-7-18-5-3-2-4-6-18;/h2-16H,17H2,1H3;1H/q+1;/b8-7+;. The third-order valence-electron chi connectivity index (χ3n) is 3.92. The molecule has 0 saturated heterocycles. The van der Waals surface area contributed by atoms with Crippen LogP contribution in [0.3, 0.4) is 0 Å². The van der Waals surface area contributed by atoms with E-state index < -0.39 is 0 Å². The molecule has 0 N–H and O–H groups in total. The highest BCUT2D eigenvalue weighted by Crippen LogP contribution is 2.12. The molecule has 3 nitrogen and oxygen atoms in total. The van der Waals surface area contributed by atoms with Gasteiger partial charge in [0.05, 0.1) is 7.11 Å². The van der Waals surface area contributed by atoms with Crippen molar-refractivity contribution in [2.45, 2.75) is 6.54 Å². The predicted octanol–water partition coefficient (Wildman–Crippen LogP) is 4.61. The van der Waals surface area contributed by atoms with Crippen molar-refractivity contribution in [2.75, 3.05) is 7.11 Å². The number of halogens is 1. The number of methoxy groups -OCH3 is 1. The Kier molecular flexibility index (Phi) is 7.30. The average molecular weight is 411 g/mol. The van der Waals surface area contributed by atoms with E-state index in [2.05, 4.69) is 24.3 Å². The zero-order valence-corrected chi connectivity index (χ0v) is 16.3. The summed E-state index contributed by atoms with van der Waals surface area (Å²) in [6.45, 7) is 0.314. The molecule has 3 aromatic rings. The van der Waals surface area contributed by atoms with E-state index in [-0.39, 0.29) is 22.8 Å². The van der Waals surface area contributed by atoms with E-state index in [1.54, 1.807) is 31.4 Å². The van der Waals surface area contributed by atoms with Gasteiger partial charge in [-0.05, 0) is 35.4 Å². The van der Waals surface area contributed by atoms with Gasteiger partial charge in [-0.25, -0.2) is 0 Å². The first-order valence-corrected chi connectivity index (χ1v) is 8.14. The van der Waals surface area contributed by atoms with E-state index in [0.29, 0.717) is 12.1 Å². The van der Waals surface area contributed by atoms with E-state index in [0.717, 1.165) is 16.9 Å². The molecule has 3 rings (SSSR count). The van der Waals surface area contributed by atoms with Gasteiger partial charge in [0.2, 0.25) is 12.3 Å². The molecule has 2 aromatic carbocycles. The number of aromatic nitrogens is 1. The fourth-order valence-corrected chi connectivity index (χ4v) is 2.48. The molecule has 132 valence electrons. The molecule has 0 fully saturated rings. The van der Waals surface area contributed by atoms with Crippen molar-refractivity contribution in [3.8, 4) is 5.75 Å². The maximum Gasteiger partial charge on any atom is 0.227 e. The summed E-state index contributed by atoms with van der Waals surface area (Å²) in [5, 5.41) is 0. The third kappa shape index (κ3) is 5.39. The Balaban J connectivity index is 0.00000243. The topological polar surface area (TPSA) is 30.2 Å². The van der Waals surface area contributed by atoms with Crippen LogP contribution in [0.15, 0.2) is 79.1 Å². The van der Waals surface area contributed by atoms with Gasteiger partial charge >= 0.3 is 0 Å². The lowest BCUT2D eigenvalue weighted by molar-refractivity contribution is -0.683. The lowest BCUT2D eigenvalue weighted by Gasteiger charge is -2.01. The molecule has 0 radical (unpaired) electrons. The molecular weight excluding hydrogens is 390 g/mol. The summed E-state index contributed by atoms with van der Waals surface area (Å²) >= 11 is 0. The summed E-state index contributed by atoms with van der Waals surface area (Å²) in [4.78, 5) is 12.3. The van der Waals surface area contributed by atoms with Gasteiger partial charge in [-0.3, -0.25) is 4.79 Å². The summed E-state index contributed by atoms with van der Waals surface area (Å²) in [5.41, 5.74) is 2.94. The van der Waals surface area contributed by atoms with Crippen LogP contribution in [0.1, 0.15) is 21.5 Å². The lowest BCUT2D eigenvalue weighted by atomic mass is 10.1. The van der Waals surface area contributed by atoms with Crippen molar-refractivity contribution in [1.29, 1.82) is 0 Å². The molecular formula is C22H21BrNO2+. The van der Waals surface area contributed by atoms with Gasteiger partial charge in [0.15, 0.2) is 12.4 Å². The van der Waals surface area contributed by atoms with Crippen molar-refractivity contribution < 1.29 is 14.1 Å². The monoisotopic (exact) mass is 410 g/mol. The molecule has 0 aliphatic heterocycles. The number of carbonyl (C=O) groups is 1. The van der Waals surface area contributed by atoms with Crippen LogP contribution in [0.4, 0.5) is 0 Å². The van der Waals surface area contributed by atoms with Crippen LogP contribution in [-0.4, -0.2) is 12.9 Å². The molecule has 1 aromatic heterocycles. The van der Waals surface area contributed by atoms with Crippen molar-refractivity contribution in [3.05, 3.63) is 95.8 Å². The molecule has 0 spiro atoms. The molecule has 0 bridgehead atoms. The second-order valence-electron chi connectivity index (χ2n) is 5.70. The first kappa shape index (κ1) is 19.6. The average Bonchev–Trinajstić information content (AvgIpc) is 2.68. The van der Waals surface area contributed by atoms with Crippen LogP contribution in [0.5, 0.6) is 5.75 Å². The highest BCUT2D eigenvalue weighted by Gasteiger charge is 2.11. The zero-order chi connectivity index (χ0) is 17.5. The minimum atomic E-state index is 0. The van der Waals surface area contributed by atoms with E-state index in [1.807, 2.05) is 47.3 Å². The van der Waals surface area contributed by atoms with Gasteiger partial charge in [-0.1, -0.05) is 42.5 Å². The molecule has 0 saturated carbocycles. The van der Waals surface area contributed by atoms with Crippen LogP contribution in [0.25, 0.3) is 12.2 Å². The Hall–Kier alpha value is -2.72. The second-order valence-corrected chi connectivity index (χ2v) is 5.70. The maximum absolute atomic E-state index is 12.3. The molecule has 1 heterocycles. The van der Waals surface area contributed by atoms with Gasteiger partial charge in [0, 0.05) is 17.7 Å². The van der Waals surface area contributed by atoms with Crippen LogP contribution in [-0.2, 0) is 6.54 Å². The minimum Gasteiger partial charge on any atom is -0.497 e. The summed E-state index contributed by atoms with van der Waals surface area (Å²) in [6.07, 6.45) is 7.98. The summed E-state index contributed by atoms with van der Waals surface area (Å²) in [5.74, 6) is 0.819. The number of hydrogen-bond acceptors (Lipinski definition) is 2. The fraction of sp³-hybridized carbons (Fsp3) is 0.0909. The predicted molar refractivity (Wildman–Crippen MR) is 110 cm³/mol. The molecule has 0 amide bonds. The molecule has 26 heavy (non-hydrogen) atoms. The summed E-state index contributed by atoms with van der Waals surface area (Å²) in [6, 6.07) is 21.3. The van der Waals surface area contributed by atoms with Gasteiger partial charge < -0.3 is 4.74 Å². The number of hydrogen-bond donors (Lipinski definition) is 0. The Morgan fingerprint density at radius 3 is 2.04 bits per heavy atom. The smallest absolute Gasteiger partial charge is 0.227 e. The Bertz CT molecular complexity index is 857. The molecule has 0 aliphatic carbocycles. The highest BCUT2D eigenvalue weighted by molar-refractivity contribution is 8.93. The number of benzene rings is 2. The van der Waals surface area contributed by atoms with Crippen molar-refractivity contribution in [2.24, 2.45) is 0 Å². The lowest BCUT2D eigenvalue weighted by Crippen LogP contribution is -2.37. The van der Waals surface area contributed by atoms with Crippen molar-refractivity contribution in [3.63, 3.8) is 0 Å². The van der Waals surface area contributed by atoms with Crippen LogP contribution >= 0.6 is 17.0 Å². The van der Waals surface area contributed by atoms with Gasteiger partial charge in [0.1, 0.15) is 5.75 Å². The fourth-order valence-electron chi connectivity index (χ4n) is 2.48. The van der Waals surface area contributed by atoms with Crippen LogP contribution in [0.2, 0.25) is 0 Å². The first-order chi connectivity index (χ1) is 12.2.